The van der Waals surface area contributed by atoms with E-state index < -0.39 is 0 Å². The van der Waals surface area contributed by atoms with Gasteiger partial charge in [0.15, 0.2) is 4.34 Å². The zero-order valence-corrected chi connectivity index (χ0v) is 12.1. The standard InChI is InChI=1S/C9H13N5S3/c1-3-7-11-9(17-13-7)15-5-6-8(10-4-2)16-14-12-6/h10H,3-5H2,1-2H3. The van der Waals surface area contributed by atoms with Crippen molar-refractivity contribution in [1.82, 2.24) is 18.9 Å². The molecule has 0 aliphatic heterocycles. The molecule has 0 saturated heterocycles. The lowest BCUT2D eigenvalue weighted by Crippen LogP contribution is -1.97. The van der Waals surface area contributed by atoms with Gasteiger partial charge in [0, 0.05) is 30.3 Å². The van der Waals surface area contributed by atoms with Gasteiger partial charge in [-0.15, -0.1) is 5.10 Å². The zero-order valence-electron chi connectivity index (χ0n) is 9.63. The molecule has 0 saturated carbocycles. The number of anilines is 1. The van der Waals surface area contributed by atoms with Crippen molar-refractivity contribution < 1.29 is 0 Å². The molecule has 1 N–H and O–H groups in total. The number of nitrogens with zero attached hydrogens (tertiary/aromatic N) is 4. The monoisotopic (exact) mass is 287 g/mol. The minimum Gasteiger partial charge on any atom is -0.374 e. The topological polar surface area (TPSA) is 63.6 Å². The highest BCUT2D eigenvalue weighted by Gasteiger charge is 2.09. The Morgan fingerprint density at radius 2 is 2.18 bits per heavy atom. The highest BCUT2D eigenvalue weighted by molar-refractivity contribution is 8.00. The second kappa shape index (κ2) is 6.27. The van der Waals surface area contributed by atoms with Gasteiger partial charge in [-0.05, 0) is 18.5 Å². The van der Waals surface area contributed by atoms with Crippen LogP contribution in [-0.2, 0) is 12.2 Å². The van der Waals surface area contributed by atoms with Gasteiger partial charge in [-0.3, -0.25) is 0 Å². The number of hydrogen-bond donors (Lipinski definition) is 1. The van der Waals surface area contributed by atoms with Crippen LogP contribution in [0.1, 0.15) is 25.4 Å². The second-order valence-electron chi connectivity index (χ2n) is 3.20. The Kier molecular flexibility index (Phi) is 4.69. The molecule has 0 spiro atoms. The van der Waals surface area contributed by atoms with Crippen molar-refractivity contribution >= 4 is 39.8 Å². The molecule has 0 radical (unpaired) electrons. The smallest absolute Gasteiger partial charge is 0.170 e. The minimum atomic E-state index is 0.789. The lowest BCUT2D eigenvalue weighted by Gasteiger charge is -1.99. The van der Waals surface area contributed by atoms with Crippen molar-refractivity contribution in [2.45, 2.75) is 30.4 Å². The lowest BCUT2D eigenvalue weighted by atomic mass is 10.5. The van der Waals surface area contributed by atoms with E-state index in [1.54, 1.807) is 11.8 Å². The van der Waals surface area contributed by atoms with Crippen LogP contribution in [0.15, 0.2) is 4.34 Å². The van der Waals surface area contributed by atoms with E-state index in [1.165, 1.54) is 23.1 Å². The third-order valence-electron chi connectivity index (χ3n) is 1.99. The molecule has 0 aliphatic carbocycles. The maximum absolute atomic E-state index is 4.41. The Bertz CT molecular complexity index is 467. The first kappa shape index (κ1) is 12.7. The van der Waals surface area contributed by atoms with E-state index in [0.717, 1.165) is 39.6 Å². The van der Waals surface area contributed by atoms with Crippen molar-refractivity contribution in [3.63, 3.8) is 0 Å². The highest BCUT2D eigenvalue weighted by Crippen LogP contribution is 2.28. The molecule has 2 aromatic heterocycles. The van der Waals surface area contributed by atoms with E-state index in [0.29, 0.717) is 0 Å². The van der Waals surface area contributed by atoms with Crippen LogP contribution in [-0.4, -0.2) is 25.5 Å². The van der Waals surface area contributed by atoms with Crippen molar-refractivity contribution in [3.8, 4) is 0 Å². The van der Waals surface area contributed by atoms with Crippen molar-refractivity contribution in [2.24, 2.45) is 0 Å². The van der Waals surface area contributed by atoms with E-state index in [-0.39, 0.29) is 0 Å². The molecule has 0 bridgehead atoms. The first-order chi connectivity index (χ1) is 8.33. The van der Waals surface area contributed by atoms with Crippen molar-refractivity contribution in [1.29, 1.82) is 0 Å². The van der Waals surface area contributed by atoms with Crippen molar-refractivity contribution in [3.05, 3.63) is 11.5 Å². The van der Waals surface area contributed by atoms with Crippen molar-refractivity contribution in [2.75, 3.05) is 11.9 Å². The summed E-state index contributed by atoms with van der Waals surface area (Å²) in [6, 6.07) is 0. The highest BCUT2D eigenvalue weighted by atomic mass is 32.2. The first-order valence-corrected chi connectivity index (χ1v) is 7.87. The van der Waals surface area contributed by atoms with Gasteiger partial charge in [-0.2, -0.15) is 4.37 Å². The number of nitrogens with one attached hydrogen (secondary N) is 1. The lowest BCUT2D eigenvalue weighted by molar-refractivity contribution is 0.971. The fraction of sp³-hybridized carbons (Fsp3) is 0.556. The fourth-order valence-corrected chi connectivity index (χ4v) is 3.54. The summed E-state index contributed by atoms with van der Waals surface area (Å²) in [6.07, 6.45) is 0.887. The Morgan fingerprint density at radius 1 is 1.29 bits per heavy atom. The number of rotatable bonds is 6. The van der Waals surface area contributed by atoms with Gasteiger partial charge in [0.1, 0.15) is 16.5 Å². The maximum atomic E-state index is 4.41. The molecule has 2 heterocycles. The van der Waals surface area contributed by atoms with E-state index in [1.807, 2.05) is 0 Å². The van der Waals surface area contributed by atoms with Crippen LogP contribution in [0.4, 0.5) is 5.00 Å². The third kappa shape index (κ3) is 3.36. The summed E-state index contributed by atoms with van der Waals surface area (Å²) in [5.41, 5.74) is 0.995. The number of hydrogen-bond acceptors (Lipinski definition) is 8. The van der Waals surface area contributed by atoms with Gasteiger partial charge in [-0.25, -0.2) is 4.98 Å². The maximum Gasteiger partial charge on any atom is 0.170 e. The number of thioether (sulfide) groups is 1. The molecule has 2 rings (SSSR count). The Balaban J connectivity index is 1.94. The molecular weight excluding hydrogens is 274 g/mol. The summed E-state index contributed by atoms with van der Waals surface area (Å²) in [4.78, 5) is 4.41. The largest absolute Gasteiger partial charge is 0.374 e. The molecule has 5 nitrogen and oxygen atoms in total. The summed E-state index contributed by atoms with van der Waals surface area (Å²) >= 11 is 4.52. The average molecular weight is 287 g/mol. The van der Waals surface area contributed by atoms with Gasteiger partial charge in [0.25, 0.3) is 0 Å². The normalized spacial score (nSPS) is 10.7. The molecule has 0 aliphatic rings. The van der Waals surface area contributed by atoms with Gasteiger partial charge in [0.05, 0.1) is 0 Å². The summed E-state index contributed by atoms with van der Waals surface area (Å²) < 4.78 is 9.21. The average Bonchev–Trinajstić information content (AvgIpc) is 2.95. The van der Waals surface area contributed by atoms with Crippen LogP contribution in [0.3, 0.4) is 0 Å². The molecule has 0 aromatic carbocycles. The van der Waals surface area contributed by atoms with Gasteiger partial charge < -0.3 is 5.32 Å². The SMILES string of the molecule is CCNc1snnc1CSc1nc(CC)ns1. The molecule has 0 atom stereocenters. The first-order valence-electron chi connectivity index (χ1n) is 5.34. The van der Waals surface area contributed by atoms with Crippen LogP contribution >= 0.6 is 34.8 Å². The van der Waals surface area contributed by atoms with E-state index >= 15 is 0 Å². The van der Waals surface area contributed by atoms with Crippen LogP contribution in [0.2, 0.25) is 0 Å². The van der Waals surface area contributed by atoms with Gasteiger partial charge in [0.2, 0.25) is 0 Å². The predicted octanol–water partition coefficient (Wildman–Crippen LogP) is 2.68. The van der Waals surface area contributed by atoms with Crippen LogP contribution in [0.25, 0.3) is 0 Å². The molecule has 2 aromatic rings. The summed E-state index contributed by atoms with van der Waals surface area (Å²) in [6.45, 7) is 5.01. The molecular formula is C9H13N5S3. The Labute approximate surface area is 112 Å². The number of aromatic nitrogens is 4. The summed E-state index contributed by atoms with van der Waals surface area (Å²) in [7, 11) is 0. The Morgan fingerprint density at radius 3 is 2.88 bits per heavy atom. The molecule has 92 valence electrons. The van der Waals surface area contributed by atoms with E-state index in [4.69, 9.17) is 0 Å². The molecule has 0 unspecified atom stereocenters. The van der Waals surface area contributed by atoms with Crippen LogP contribution in [0.5, 0.6) is 0 Å². The third-order valence-corrected chi connectivity index (χ3v) is 4.60. The predicted molar refractivity (Wildman–Crippen MR) is 72.9 cm³/mol. The van der Waals surface area contributed by atoms with Gasteiger partial charge >= 0.3 is 0 Å². The second-order valence-corrected chi connectivity index (χ2v) is 5.93. The molecule has 8 heteroatoms. The molecule has 17 heavy (non-hydrogen) atoms. The summed E-state index contributed by atoms with van der Waals surface area (Å²) in [5, 5.41) is 8.43. The molecule has 0 amide bonds. The van der Waals surface area contributed by atoms with E-state index in [2.05, 4.69) is 38.1 Å². The van der Waals surface area contributed by atoms with Crippen LogP contribution < -0.4 is 5.32 Å². The minimum absolute atomic E-state index is 0.789. The fourth-order valence-electron chi connectivity index (χ4n) is 1.17. The zero-order chi connectivity index (χ0) is 12.1. The Hall–Kier alpha value is -0.730. The summed E-state index contributed by atoms with van der Waals surface area (Å²) in [5.74, 6) is 1.71. The van der Waals surface area contributed by atoms with E-state index in [9.17, 15) is 0 Å². The van der Waals surface area contributed by atoms with Crippen LogP contribution in [0, 0.1) is 0 Å². The quantitative estimate of drug-likeness (QED) is 0.824. The van der Waals surface area contributed by atoms with Gasteiger partial charge in [-0.1, -0.05) is 23.2 Å². The molecule has 0 fully saturated rings. The number of aryl methyl sites for hydroxylation is 1.